The minimum absolute atomic E-state index is 0.405. The van der Waals surface area contributed by atoms with Gasteiger partial charge in [0.05, 0.1) is 6.26 Å². The van der Waals surface area contributed by atoms with Gasteiger partial charge in [-0.25, -0.2) is 12.7 Å². The van der Waals surface area contributed by atoms with Crippen molar-refractivity contribution in [1.29, 1.82) is 0 Å². The Kier molecular flexibility index (Phi) is 3.52. The molecule has 0 unspecified atom stereocenters. The van der Waals surface area contributed by atoms with Crippen LogP contribution in [-0.2, 0) is 10.0 Å². The molecule has 0 spiro atoms. The quantitative estimate of drug-likeness (QED) is 0.927. The van der Waals surface area contributed by atoms with Crippen LogP contribution in [0.3, 0.4) is 0 Å². The van der Waals surface area contributed by atoms with Crippen molar-refractivity contribution in [1.82, 2.24) is 9.29 Å². The van der Waals surface area contributed by atoms with Crippen LogP contribution in [0.2, 0.25) is 5.02 Å². The number of benzene rings is 1. The van der Waals surface area contributed by atoms with Crippen LogP contribution in [0.5, 0.6) is 0 Å². The van der Waals surface area contributed by atoms with E-state index in [1.165, 1.54) is 17.2 Å². The van der Waals surface area contributed by atoms with Gasteiger partial charge in [0, 0.05) is 35.2 Å². The van der Waals surface area contributed by atoms with Gasteiger partial charge in [-0.3, -0.25) is 0 Å². The van der Waals surface area contributed by atoms with Crippen LogP contribution in [0.4, 0.5) is 0 Å². The molecule has 2 heterocycles. The van der Waals surface area contributed by atoms with Crippen LogP contribution in [-0.4, -0.2) is 37.1 Å². The first-order chi connectivity index (χ1) is 9.45. The second-order valence-corrected chi connectivity index (χ2v) is 7.79. The van der Waals surface area contributed by atoms with E-state index in [1.54, 1.807) is 4.31 Å². The van der Waals surface area contributed by atoms with Gasteiger partial charge in [-0.15, -0.1) is 0 Å². The van der Waals surface area contributed by atoms with Crippen LogP contribution in [0.1, 0.15) is 24.3 Å². The Hall–Kier alpha value is -1.04. The summed E-state index contributed by atoms with van der Waals surface area (Å²) in [6.45, 7) is 1.20. The van der Waals surface area contributed by atoms with E-state index in [2.05, 4.69) is 4.98 Å². The summed E-state index contributed by atoms with van der Waals surface area (Å²) in [5.41, 5.74) is 2.31. The maximum Gasteiger partial charge on any atom is 0.211 e. The molecule has 6 heteroatoms. The Morgan fingerprint density at radius 2 is 2.00 bits per heavy atom. The zero-order valence-corrected chi connectivity index (χ0v) is 12.8. The number of aromatic amines is 1. The number of H-pyrrole nitrogens is 1. The number of sulfonamides is 1. The minimum Gasteiger partial charge on any atom is -0.361 e. The second-order valence-electron chi connectivity index (χ2n) is 5.37. The van der Waals surface area contributed by atoms with Gasteiger partial charge < -0.3 is 4.98 Å². The first-order valence-corrected chi connectivity index (χ1v) is 8.89. The van der Waals surface area contributed by atoms with E-state index in [1.807, 2.05) is 24.4 Å². The lowest BCUT2D eigenvalue weighted by Gasteiger charge is -2.30. The molecule has 0 radical (unpaired) electrons. The maximum absolute atomic E-state index is 11.5. The SMILES string of the molecule is CS(=O)(=O)N1CCC(c2c[nH]c3cc(Cl)ccc23)CC1. The molecule has 1 aliphatic heterocycles. The molecule has 1 aliphatic rings. The molecule has 1 aromatic carbocycles. The summed E-state index contributed by atoms with van der Waals surface area (Å²) >= 11 is 5.99. The monoisotopic (exact) mass is 312 g/mol. The Morgan fingerprint density at radius 3 is 2.65 bits per heavy atom. The minimum atomic E-state index is -3.06. The average molecular weight is 313 g/mol. The fourth-order valence-corrected chi connectivity index (χ4v) is 4.00. The van der Waals surface area contributed by atoms with E-state index in [4.69, 9.17) is 11.6 Å². The van der Waals surface area contributed by atoms with Gasteiger partial charge in [-0.1, -0.05) is 17.7 Å². The highest BCUT2D eigenvalue weighted by Crippen LogP contribution is 2.34. The van der Waals surface area contributed by atoms with Gasteiger partial charge >= 0.3 is 0 Å². The smallest absolute Gasteiger partial charge is 0.211 e. The molecule has 1 saturated heterocycles. The summed E-state index contributed by atoms with van der Waals surface area (Å²) < 4.78 is 24.6. The van der Waals surface area contributed by atoms with E-state index in [-0.39, 0.29) is 0 Å². The number of piperidine rings is 1. The number of hydrogen-bond donors (Lipinski definition) is 1. The number of aromatic nitrogens is 1. The number of rotatable bonds is 2. The predicted octanol–water partition coefficient (Wildman–Crippen LogP) is 2.96. The molecule has 1 aromatic heterocycles. The largest absolute Gasteiger partial charge is 0.361 e. The van der Waals surface area contributed by atoms with Crippen molar-refractivity contribution in [2.75, 3.05) is 19.3 Å². The molecule has 4 nitrogen and oxygen atoms in total. The molecule has 0 amide bonds. The third kappa shape index (κ3) is 2.57. The lowest BCUT2D eigenvalue weighted by Crippen LogP contribution is -2.37. The third-order valence-electron chi connectivity index (χ3n) is 4.04. The Bertz CT molecular complexity index is 731. The molecule has 1 fully saturated rings. The number of halogens is 1. The fraction of sp³-hybridized carbons (Fsp3) is 0.429. The van der Waals surface area contributed by atoms with E-state index < -0.39 is 10.0 Å². The third-order valence-corrected chi connectivity index (χ3v) is 5.58. The molecule has 3 rings (SSSR count). The normalized spacial score (nSPS) is 18.7. The number of nitrogens with one attached hydrogen (secondary N) is 1. The second kappa shape index (κ2) is 5.06. The lowest BCUT2D eigenvalue weighted by atomic mass is 9.90. The maximum atomic E-state index is 11.5. The summed E-state index contributed by atoms with van der Waals surface area (Å²) in [6, 6.07) is 5.85. The summed E-state index contributed by atoms with van der Waals surface area (Å²) in [7, 11) is -3.06. The molecule has 2 aromatic rings. The van der Waals surface area contributed by atoms with Gasteiger partial charge in [-0.05, 0) is 36.5 Å². The molecule has 108 valence electrons. The van der Waals surface area contributed by atoms with Crippen molar-refractivity contribution < 1.29 is 8.42 Å². The van der Waals surface area contributed by atoms with Crippen LogP contribution >= 0.6 is 11.6 Å². The van der Waals surface area contributed by atoms with Crippen molar-refractivity contribution in [3.05, 3.63) is 35.0 Å². The van der Waals surface area contributed by atoms with Crippen molar-refractivity contribution in [2.45, 2.75) is 18.8 Å². The molecule has 1 N–H and O–H groups in total. The number of nitrogens with zero attached hydrogens (tertiary/aromatic N) is 1. The van der Waals surface area contributed by atoms with Crippen LogP contribution in [0.15, 0.2) is 24.4 Å². The van der Waals surface area contributed by atoms with E-state index in [9.17, 15) is 8.42 Å². The molecule has 0 bridgehead atoms. The lowest BCUT2D eigenvalue weighted by molar-refractivity contribution is 0.322. The van der Waals surface area contributed by atoms with Gasteiger partial charge in [0.15, 0.2) is 0 Å². The van der Waals surface area contributed by atoms with Crippen molar-refractivity contribution in [3.8, 4) is 0 Å². The Labute approximate surface area is 123 Å². The topological polar surface area (TPSA) is 53.2 Å². The highest BCUT2D eigenvalue weighted by atomic mass is 35.5. The van der Waals surface area contributed by atoms with E-state index >= 15 is 0 Å². The highest BCUT2D eigenvalue weighted by Gasteiger charge is 2.26. The van der Waals surface area contributed by atoms with E-state index in [0.717, 1.165) is 23.4 Å². The number of hydrogen-bond acceptors (Lipinski definition) is 2. The first kappa shape index (κ1) is 13.9. The average Bonchev–Trinajstić information content (AvgIpc) is 2.80. The predicted molar refractivity (Wildman–Crippen MR) is 81.7 cm³/mol. The zero-order chi connectivity index (χ0) is 14.3. The van der Waals surface area contributed by atoms with Gasteiger partial charge in [0.25, 0.3) is 0 Å². The molecule has 0 atom stereocenters. The van der Waals surface area contributed by atoms with E-state index in [0.29, 0.717) is 19.0 Å². The number of fused-ring (bicyclic) bond motifs is 1. The zero-order valence-electron chi connectivity index (χ0n) is 11.3. The first-order valence-electron chi connectivity index (χ1n) is 6.67. The molecular weight excluding hydrogens is 296 g/mol. The Morgan fingerprint density at radius 1 is 1.30 bits per heavy atom. The molecular formula is C14H17ClN2O2S. The van der Waals surface area contributed by atoms with Crippen molar-refractivity contribution in [3.63, 3.8) is 0 Å². The Balaban J connectivity index is 1.84. The summed E-state index contributed by atoms with van der Waals surface area (Å²) in [6.07, 6.45) is 5.04. The highest BCUT2D eigenvalue weighted by molar-refractivity contribution is 7.88. The fourth-order valence-electron chi connectivity index (χ4n) is 2.96. The van der Waals surface area contributed by atoms with Crippen LogP contribution in [0, 0.1) is 0 Å². The summed E-state index contributed by atoms with van der Waals surface area (Å²) in [5.74, 6) is 0.405. The summed E-state index contributed by atoms with van der Waals surface area (Å²) in [4.78, 5) is 3.25. The molecule has 0 aliphatic carbocycles. The van der Waals surface area contributed by atoms with Gasteiger partial charge in [0.1, 0.15) is 0 Å². The summed E-state index contributed by atoms with van der Waals surface area (Å²) in [5, 5.41) is 1.91. The van der Waals surface area contributed by atoms with Gasteiger partial charge in [-0.2, -0.15) is 0 Å². The van der Waals surface area contributed by atoms with Crippen LogP contribution in [0.25, 0.3) is 10.9 Å². The molecule has 0 saturated carbocycles. The van der Waals surface area contributed by atoms with Crippen molar-refractivity contribution in [2.24, 2.45) is 0 Å². The van der Waals surface area contributed by atoms with Crippen LogP contribution < -0.4 is 0 Å². The molecule has 20 heavy (non-hydrogen) atoms. The van der Waals surface area contributed by atoms with Crippen molar-refractivity contribution >= 4 is 32.5 Å². The van der Waals surface area contributed by atoms with Gasteiger partial charge in [0.2, 0.25) is 10.0 Å². The standard InChI is InChI=1S/C14H17ClN2O2S/c1-20(18,19)17-6-4-10(5-7-17)13-9-16-14-8-11(15)2-3-12(13)14/h2-3,8-10,16H,4-7H2,1H3.